The molecule has 1 unspecified atom stereocenters. The van der Waals surface area contributed by atoms with E-state index in [4.69, 9.17) is 9.84 Å². The molecule has 3 nitrogen and oxygen atoms in total. The van der Waals surface area contributed by atoms with E-state index in [2.05, 4.69) is 6.92 Å². The normalized spacial score (nSPS) is 43.5. The van der Waals surface area contributed by atoms with Crippen LogP contribution in [0.3, 0.4) is 0 Å². The van der Waals surface area contributed by atoms with Crippen LogP contribution in [-0.4, -0.2) is 22.8 Å². The maximum atomic E-state index is 10.6. The van der Waals surface area contributed by atoms with E-state index in [0.29, 0.717) is 5.92 Å². The van der Waals surface area contributed by atoms with Crippen molar-refractivity contribution in [2.24, 2.45) is 5.92 Å². The molecule has 1 N–H and O–H groups in total. The molecular weight excluding hydrogens is 168 g/mol. The number of hydrogen-bond donors (Lipinski definition) is 1. The predicted octanol–water partition coefficient (Wildman–Crippen LogP) is 1.81. The van der Waals surface area contributed by atoms with Gasteiger partial charge in [-0.1, -0.05) is 0 Å². The van der Waals surface area contributed by atoms with Crippen molar-refractivity contribution >= 4 is 5.97 Å². The SMILES string of the molecule is CC12CCC(CC1)C(CC(=O)O)O2. The van der Waals surface area contributed by atoms with Crippen molar-refractivity contribution in [3.8, 4) is 0 Å². The minimum Gasteiger partial charge on any atom is -0.481 e. The first-order valence-electron chi connectivity index (χ1n) is 4.99. The number of rotatable bonds is 2. The maximum Gasteiger partial charge on any atom is 0.305 e. The average Bonchev–Trinajstić information content (AvgIpc) is 2.02. The van der Waals surface area contributed by atoms with E-state index in [1.54, 1.807) is 0 Å². The molecule has 1 atom stereocenters. The molecule has 2 bridgehead atoms. The lowest BCUT2D eigenvalue weighted by atomic mass is 9.73. The summed E-state index contributed by atoms with van der Waals surface area (Å²) in [4.78, 5) is 10.6. The van der Waals surface area contributed by atoms with Crippen LogP contribution in [0.2, 0.25) is 0 Å². The van der Waals surface area contributed by atoms with Crippen molar-refractivity contribution in [2.75, 3.05) is 0 Å². The molecule has 2 aliphatic heterocycles. The Bertz CT molecular complexity index is 216. The summed E-state index contributed by atoms with van der Waals surface area (Å²) in [6.45, 7) is 2.11. The Morgan fingerprint density at radius 2 is 2.15 bits per heavy atom. The lowest BCUT2D eigenvalue weighted by Gasteiger charge is -2.48. The van der Waals surface area contributed by atoms with E-state index in [9.17, 15) is 4.79 Å². The van der Waals surface area contributed by atoms with Gasteiger partial charge in [-0.3, -0.25) is 4.79 Å². The molecule has 0 radical (unpaired) electrons. The van der Waals surface area contributed by atoms with Gasteiger partial charge >= 0.3 is 5.97 Å². The third-order valence-electron chi connectivity index (χ3n) is 3.43. The first-order chi connectivity index (χ1) is 6.09. The maximum absolute atomic E-state index is 10.6. The van der Waals surface area contributed by atoms with Crippen LogP contribution < -0.4 is 0 Å². The number of carboxylic acid groups (broad SMARTS) is 1. The van der Waals surface area contributed by atoms with Gasteiger partial charge in [0.2, 0.25) is 0 Å². The van der Waals surface area contributed by atoms with Gasteiger partial charge in [-0.2, -0.15) is 0 Å². The van der Waals surface area contributed by atoms with E-state index in [1.165, 1.54) is 0 Å². The molecular formula is C10H16O3. The highest BCUT2D eigenvalue weighted by molar-refractivity contribution is 5.67. The monoisotopic (exact) mass is 184 g/mol. The Kier molecular flexibility index (Phi) is 2.06. The highest BCUT2D eigenvalue weighted by atomic mass is 16.5. The van der Waals surface area contributed by atoms with Crippen LogP contribution in [0.4, 0.5) is 0 Å². The summed E-state index contributed by atoms with van der Waals surface area (Å²) in [5.74, 6) is -0.237. The van der Waals surface area contributed by atoms with E-state index in [1.807, 2.05) is 0 Å². The lowest BCUT2D eigenvalue weighted by molar-refractivity contribution is -0.191. The topological polar surface area (TPSA) is 46.5 Å². The summed E-state index contributed by atoms with van der Waals surface area (Å²) < 4.78 is 5.80. The molecule has 13 heavy (non-hydrogen) atoms. The lowest BCUT2D eigenvalue weighted by Crippen LogP contribution is -2.49. The zero-order chi connectivity index (χ0) is 9.47. The highest BCUT2D eigenvalue weighted by Gasteiger charge is 2.44. The van der Waals surface area contributed by atoms with Crippen LogP contribution in [0.5, 0.6) is 0 Å². The molecule has 0 aromatic heterocycles. The Morgan fingerprint density at radius 1 is 1.54 bits per heavy atom. The van der Waals surface area contributed by atoms with Gasteiger partial charge in [-0.05, 0) is 38.5 Å². The highest BCUT2D eigenvalue weighted by Crippen LogP contribution is 2.45. The fourth-order valence-corrected chi connectivity index (χ4v) is 2.58. The Morgan fingerprint density at radius 3 is 2.62 bits per heavy atom. The van der Waals surface area contributed by atoms with Crippen molar-refractivity contribution in [3.63, 3.8) is 0 Å². The summed E-state index contributed by atoms with van der Waals surface area (Å²) in [6.07, 6.45) is 4.66. The summed E-state index contributed by atoms with van der Waals surface area (Å²) in [7, 11) is 0. The first kappa shape index (κ1) is 9.00. The molecule has 1 saturated carbocycles. The third kappa shape index (κ3) is 1.70. The molecule has 3 rings (SSSR count). The molecule has 3 fully saturated rings. The molecule has 1 aliphatic carbocycles. The molecule has 0 spiro atoms. The van der Waals surface area contributed by atoms with Crippen LogP contribution in [0.25, 0.3) is 0 Å². The van der Waals surface area contributed by atoms with Gasteiger partial charge in [0.15, 0.2) is 0 Å². The number of hydrogen-bond acceptors (Lipinski definition) is 2. The quantitative estimate of drug-likeness (QED) is 0.712. The molecule has 0 aromatic carbocycles. The fraction of sp³-hybridized carbons (Fsp3) is 0.900. The van der Waals surface area contributed by atoms with Gasteiger partial charge in [0, 0.05) is 0 Å². The third-order valence-corrected chi connectivity index (χ3v) is 3.43. The minimum absolute atomic E-state index is 0.0190. The van der Waals surface area contributed by atoms with Crippen molar-refractivity contribution < 1.29 is 14.6 Å². The van der Waals surface area contributed by atoms with E-state index in [0.717, 1.165) is 25.7 Å². The van der Waals surface area contributed by atoms with E-state index < -0.39 is 5.97 Å². The van der Waals surface area contributed by atoms with Gasteiger partial charge in [-0.15, -0.1) is 0 Å². The molecule has 2 saturated heterocycles. The Balaban J connectivity index is 2.03. The number of aliphatic carboxylic acids is 1. The minimum atomic E-state index is -0.735. The van der Waals surface area contributed by atoms with Gasteiger partial charge in [0.1, 0.15) is 0 Å². The number of carbonyl (C=O) groups is 1. The molecule has 3 heteroatoms. The van der Waals surface area contributed by atoms with Crippen molar-refractivity contribution in [1.29, 1.82) is 0 Å². The van der Waals surface area contributed by atoms with Gasteiger partial charge in [0.05, 0.1) is 18.1 Å². The van der Waals surface area contributed by atoms with E-state index >= 15 is 0 Å². The summed E-state index contributed by atoms with van der Waals surface area (Å²) >= 11 is 0. The summed E-state index contributed by atoms with van der Waals surface area (Å²) in [5, 5.41) is 8.70. The standard InChI is InChI=1S/C10H16O3/c1-10-4-2-7(3-5-10)8(13-10)6-9(11)12/h7-8H,2-6H2,1H3,(H,11,12). The summed E-state index contributed by atoms with van der Waals surface area (Å²) in [6, 6.07) is 0. The average molecular weight is 184 g/mol. The zero-order valence-electron chi connectivity index (χ0n) is 7.95. The van der Waals surface area contributed by atoms with Crippen LogP contribution in [-0.2, 0) is 9.53 Å². The Labute approximate surface area is 78.1 Å². The summed E-state index contributed by atoms with van der Waals surface area (Å²) in [5.41, 5.74) is -0.0190. The second kappa shape index (κ2) is 2.98. The van der Waals surface area contributed by atoms with Gasteiger partial charge < -0.3 is 9.84 Å². The van der Waals surface area contributed by atoms with Crippen LogP contribution in [0.1, 0.15) is 39.0 Å². The van der Waals surface area contributed by atoms with Crippen molar-refractivity contribution in [1.82, 2.24) is 0 Å². The largest absolute Gasteiger partial charge is 0.481 e. The van der Waals surface area contributed by atoms with Crippen molar-refractivity contribution in [2.45, 2.75) is 50.7 Å². The van der Waals surface area contributed by atoms with Crippen LogP contribution in [0.15, 0.2) is 0 Å². The smallest absolute Gasteiger partial charge is 0.305 e. The van der Waals surface area contributed by atoms with Crippen LogP contribution >= 0.6 is 0 Å². The number of carboxylic acids is 1. The molecule has 0 amide bonds. The fourth-order valence-electron chi connectivity index (χ4n) is 2.58. The second-order valence-corrected chi connectivity index (χ2v) is 4.54. The molecule has 74 valence electrons. The van der Waals surface area contributed by atoms with Gasteiger partial charge in [0.25, 0.3) is 0 Å². The zero-order valence-corrected chi connectivity index (χ0v) is 7.95. The Hall–Kier alpha value is -0.570. The molecule has 0 aromatic rings. The predicted molar refractivity (Wildman–Crippen MR) is 47.5 cm³/mol. The van der Waals surface area contributed by atoms with Gasteiger partial charge in [-0.25, -0.2) is 0 Å². The van der Waals surface area contributed by atoms with E-state index in [-0.39, 0.29) is 18.1 Å². The van der Waals surface area contributed by atoms with Crippen LogP contribution in [0, 0.1) is 5.92 Å². The molecule has 2 heterocycles. The first-order valence-corrected chi connectivity index (χ1v) is 4.99. The molecule has 3 aliphatic rings. The number of ether oxygens (including phenoxy) is 1. The number of fused-ring (bicyclic) bond motifs is 3. The second-order valence-electron chi connectivity index (χ2n) is 4.54. The van der Waals surface area contributed by atoms with Crippen molar-refractivity contribution in [3.05, 3.63) is 0 Å².